The van der Waals surface area contributed by atoms with Crippen molar-refractivity contribution in [1.82, 2.24) is 9.66 Å². The third-order valence-corrected chi connectivity index (χ3v) is 4.15. The second-order valence-electron chi connectivity index (χ2n) is 5.91. The summed E-state index contributed by atoms with van der Waals surface area (Å²) in [4.78, 5) is 7.43. The van der Waals surface area contributed by atoms with Gasteiger partial charge in [0.2, 0.25) is 5.62 Å². The van der Waals surface area contributed by atoms with Gasteiger partial charge in [-0.25, -0.2) is 9.66 Å². The summed E-state index contributed by atoms with van der Waals surface area (Å²) >= 11 is 0. The van der Waals surface area contributed by atoms with Crippen molar-refractivity contribution in [3.05, 3.63) is 16.9 Å². The average molecular weight is 331 g/mol. The van der Waals surface area contributed by atoms with E-state index in [4.69, 9.17) is 5.84 Å². The molecule has 0 saturated heterocycles. The number of aromatic nitrogens is 2. The van der Waals surface area contributed by atoms with Gasteiger partial charge < -0.3 is 11.2 Å². The van der Waals surface area contributed by atoms with Gasteiger partial charge >= 0.3 is 6.18 Å². The van der Waals surface area contributed by atoms with Gasteiger partial charge in [-0.1, -0.05) is 32.6 Å². The molecule has 23 heavy (non-hydrogen) atoms. The first-order chi connectivity index (χ1) is 10.9. The monoisotopic (exact) mass is 331 g/mol. The Morgan fingerprint density at radius 3 is 2.48 bits per heavy atom. The smallest absolute Gasteiger partial charge is 0.367 e. The maximum absolute atomic E-state index is 13.4. The van der Waals surface area contributed by atoms with E-state index < -0.39 is 11.9 Å². The molecule has 0 amide bonds. The second kappa shape index (κ2) is 7.23. The zero-order valence-electron chi connectivity index (χ0n) is 13.6. The van der Waals surface area contributed by atoms with Crippen LogP contribution >= 0.6 is 0 Å². The van der Waals surface area contributed by atoms with E-state index in [9.17, 15) is 13.2 Å². The molecular weight excluding hydrogens is 307 g/mol. The highest BCUT2D eigenvalue weighted by Gasteiger charge is 2.37. The fourth-order valence-electron chi connectivity index (χ4n) is 3.05. The molecule has 1 aromatic heterocycles. The zero-order chi connectivity index (χ0) is 17.0. The third-order valence-electron chi connectivity index (χ3n) is 4.15. The number of anilines is 1. The normalized spacial score (nSPS) is 17.5. The minimum Gasteiger partial charge on any atom is -0.367 e. The highest BCUT2D eigenvalue weighted by atomic mass is 19.4. The molecule has 1 fully saturated rings. The Kier molecular flexibility index (Phi) is 5.54. The van der Waals surface area contributed by atoms with E-state index in [1.807, 2.05) is 6.92 Å². The van der Waals surface area contributed by atoms with Crippen LogP contribution in [0.3, 0.4) is 0 Å². The predicted octanol–water partition coefficient (Wildman–Crippen LogP) is 2.84. The van der Waals surface area contributed by atoms with E-state index in [1.165, 1.54) is 13.5 Å². The van der Waals surface area contributed by atoms with Gasteiger partial charge in [-0.05, 0) is 19.3 Å². The molecule has 0 aromatic carbocycles. The first kappa shape index (κ1) is 17.6. The number of nitrogens with zero attached hydrogens (tertiary/aromatic N) is 3. The van der Waals surface area contributed by atoms with Crippen LogP contribution in [0.1, 0.15) is 56.7 Å². The quantitative estimate of drug-likeness (QED) is 0.834. The summed E-state index contributed by atoms with van der Waals surface area (Å²) in [7, 11) is 1.38. The lowest BCUT2D eigenvalue weighted by Crippen LogP contribution is -2.39. The third kappa shape index (κ3) is 3.97. The van der Waals surface area contributed by atoms with Gasteiger partial charge in [-0.3, -0.25) is 4.99 Å². The van der Waals surface area contributed by atoms with Crippen LogP contribution in [0, 0.1) is 0 Å². The van der Waals surface area contributed by atoms with Crippen LogP contribution in [0.25, 0.3) is 0 Å². The summed E-state index contributed by atoms with van der Waals surface area (Å²) in [6, 6.07) is 0.141. The lowest BCUT2D eigenvalue weighted by molar-refractivity contribution is -0.142. The van der Waals surface area contributed by atoms with Gasteiger partial charge in [0.15, 0.2) is 5.69 Å². The Balaban J connectivity index is 2.55. The van der Waals surface area contributed by atoms with E-state index in [2.05, 4.69) is 15.3 Å². The van der Waals surface area contributed by atoms with Crippen molar-refractivity contribution >= 4 is 5.82 Å². The summed E-state index contributed by atoms with van der Waals surface area (Å²) in [5, 5.41) is 3.23. The number of alkyl halides is 3. The first-order valence-corrected chi connectivity index (χ1v) is 8.06. The minimum absolute atomic E-state index is 0.125. The van der Waals surface area contributed by atoms with Crippen LogP contribution < -0.4 is 16.8 Å². The molecule has 2 rings (SSSR count). The summed E-state index contributed by atoms with van der Waals surface area (Å²) in [5.74, 6) is 6.28. The Bertz CT molecular complexity index is 600. The average Bonchev–Trinajstić information content (AvgIpc) is 2.51. The summed E-state index contributed by atoms with van der Waals surface area (Å²) < 4.78 is 41.3. The minimum atomic E-state index is -4.53. The van der Waals surface area contributed by atoms with E-state index in [0.29, 0.717) is 12.2 Å². The molecule has 5 nitrogen and oxygen atoms in total. The molecule has 1 saturated carbocycles. The van der Waals surface area contributed by atoms with Crippen molar-refractivity contribution < 1.29 is 13.2 Å². The van der Waals surface area contributed by atoms with Gasteiger partial charge in [0, 0.05) is 18.7 Å². The molecule has 1 aliphatic rings. The van der Waals surface area contributed by atoms with E-state index >= 15 is 0 Å². The molecule has 0 radical (unpaired) electrons. The first-order valence-electron chi connectivity index (χ1n) is 8.06. The number of nitrogen functional groups attached to an aromatic ring is 1. The van der Waals surface area contributed by atoms with E-state index in [1.54, 1.807) is 0 Å². The van der Waals surface area contributed by atoms with Crippen LogP contribution in [-0.4, -0.2) is 22.7 Å². The fraction of sp³-hybridized carbons (Fsp3) is 0.733. The van der Waals surface area contributed by atoms with Crippen molar-refractivity contribution in [3.8, 4) is 0 Å². The van der Waals surface area contributed by atoms with Gasteiger partial charge in [-0.15, -0.1) is 0 Å². The zero-order valence-corrected chi connectivity index (χ0v) is 13.6. The number of nitrogens with one attached hydrogen (secondary N) is 1. The Morgan fingerprint density at radius 1 is 1.30 bits per heavy atom. The van der Waals surface area contributed by atoms with Crippen LogP contribution in [0.5, 0.6) is 0 Å². The number of nitrogens with two attached hydrogens (primary N) is 1. The Labute approximate surface area is 133 Å². The number of hydrogen-bond acceptors (Lipinski definition) is 4. The SMILES string of the molecule is CCCc1c(C(F)(F)F)nc(=NC)n(N)c1NC1CCCCC1. The molecule has 1 aliphatic carbocycles. The van der Waals surface area contributed by atoms with Crippen molar-refractivity contribution in [1.29, 1.82) is 0 Å². The molecule has 0 aliphatic heterocycles. The molecule has 1 aromatic rings. The molecular formula is C15H24F3N5. The second-order valence-corrected chi connectivity index (χ2v) is 5.91. The Morgan fingerprint density at radius 2 is 1.96 bits per heavy atom. The molecule has 8 heteroatoms. The van der Waals surface area contributed by atoms with Crippen LogP contribution in [0.15, 0.2) is 4.99 Å². The molecule has 0 unspecified atom stereocenters. The number of rotatable bonds is 4. The molecule has 0 bridgehead atoms. The van der Waals surface area contributed by atoms with Crippen molar-refractivity contribution in [2.24, 2.45) is 4.99 Å². The number of hydrogen-bond donors (Lipinski definition) is 2. The van der Waals surface area contributed by atoms with Gasteiger partial charge in [0.1, 0.15) is 5.82 Å². The summed E-state index contributed by atoms with van der Waals surface area (Å²) in [5.41, 5.74) is -0.893. The van der Waals surface area contributed by atoms with E-state index in [-0.39, 0.29) is 23.6 Å². The topological polar surface area (TPSA) is 68.2 Å². The molecule has 0 atom stereocenters. The lowest BCUT2D eigenvalue weighted by Gasteiger charge is -2.27. The van der Waals surface area contributed by atoms with Crippen LogP contribution in [0.2, 0.25) is 0 Å². The highest BCUT2D eigenvalue weighted by molar-refractivity contribution is 5.49. The van der Waals surface area contributed by atoms with Gasteiger partial charge in [0.05, 0.1) is 0 Å². The van der Waals surface area contributed by atoms with Crippen molar-refractivity contribution in [2.45, 2.75) is 64.1 Å². The molecule has 1 heterocycles. The maximum atomic E-state index is 13.4. The van der Waals surface area contributed by atoms with E-state index in [0.717, 1.165) is 30.4 Å². The largest absolute Gasteiger partial charge is 0.433 e. The lowest BCUT2D eigenvalue weighted by atomic mass is 9.95. The van der Waals surface area contributed by atoms with Gasteiger partial charge in [0.25, 0.3) is 0 Å². The van der Waals surface area contributed by atoms with Crippen molar-refractivity contribution in [3.63, 3.8) is 0 Å². The standard InChI is InChI=1S/C15H24F3N5/c1-3-7-11-12(15(16,17)18)22-14(20-2)23(19)13(11)21-10-8-5-4-6-9-10/h10,21H,3-9,19H2,1-2H3. The molecule has 0 spiro atoms. The van der Waals surface area contributed by atoms with Crippen molar-refractivity contribution in [2.75, 3.05) is 18.2 Å². The molecule has 130 valence electrons. The number of halogens is 3. The molecule has 3 N–H and O–H groups in total. The van der Waals surface area contributed by atoms with Crippen LogP contribution in [-0.2, 0) is 12.6 Å². The Hall–Kier alpha value is -1.73. The van der Waals surface area contributed by atoms with Crippen LogP contribution in [0.4, 0.5) is 19.0 Å². The fourth-order valence-corrected chi connectivity index (χ4v) is 3.05. The highest BCUT2D eigenvalue weighted by Crippen LogP contribution is 2.34. The van der Waals surface area contributed by atoms with Gasteiger partial charge in [-0.2, -0.15) is 13.2 Å². The summed E-state index contributed by atoms with van der Waals surface area (Å²) in [6.07, 6.45) is 1.51. The maximum Gasteiger partial charge on any atom is 0.433 e. The predicted molar refractivity (Wildman–Crippen MR) is 83.4 cm³/mol. The summed E-state index contributed by atoms with van der Waals surface area (Å²) in [6.45, 7) is 1.84.